The van der Waals surface area contributed by atoms with E-state index in [1.807, 2.05) is 19.0 Å². The molecule has 0 rings (SSSR count). The molecule has 0 unspecified atom stereocenters. The molecule has 0 bridgehead atoms. The van der Waals surface area contributed by atoms with E-state index in [0.29, 0.717) is 13.1 Å². The molecule has 0 aliphatic heterocycles. The van der Waals surface area contributed by atoms with E-state index >= 15 is 0 Å². The van der Waals surface area contributed by atoms with Crippen molar-refractivity contribution in [2.45, 2.75) is 19.4 Å². The van der Waals surface area contributed by atoms with Crippen molar-refractivity contribution in [3.63, 3.8) is 0 Å². The molecule has 18 heavy (non-hydrogen) atoms. The lowest BCUT2D eigenvalue weighted by Crippen LogP contribution is -2.53. The maximum Gasteiger partial charge on any atom is 0.267 e. The first kappa shape index (κ1) is 17.1. The normalized spacial score (nSPS) is 12.6. The van der Waals surface area contributed by atoms with E-state index in [4.69, 9.17) is 4.55 Å². The highest BCUT2D eigenvalue weighted by Gasteiger charge is 2.33. The molecule has 0 fully saturated rings. The van der Waals surface area contributed by atoms with E-state index in [1.54, 1.807) is 13.8 Å². The van der Waals surface area contributed by atoms with Gasteiger partial charge in [0, 0.05) is 13.1 Å². The molecular formula is C11H22N2O4S. The fraction of sp³-hybridized carbons (Fsp3) is 0.727. The van der Waals surface area contributed by atoms with E-state index in [0.717, 1.165) is 6.08 Å². The molecule has 0 heterocycles. The Kier molecular flexibility index (Phi) is 5.98. The van der Waals surface area contributed by atoms with Crippen molar-refractivity contribution in [2.75, 3.05) is 32.9 Å². The lowest BCUT2D eigenvalue weighted by Gasteiger charge is -2.37. The average Bonchev–Trinajstić information content (AvgIpc) is 2.12. The minimum atomic E-state index is -4.15. The SMILES string of the molecule is C=CC(=O)N(CCN(C)C)C(C)(C)CS(=O)(=O)O. The van der Waals surface area contributed by atoms with Gasteiger partial charge in [-0.3, -0.25) is 9.35 Å². The third-order valence-corrected chi connectivity index (χ3v) is 3.55. The number of hydrogen-bond acceptors (Lipinski definition) is 4. The van der Waals surface area contributed by atoms with Gasteiger partial charge in [-0.05, 0) is 34.0 Å². The zero-order valence-corrected chi connectivity index (χ0v) is 12.2. The van der Waals surface area contributed by atoms with Crippen LogP contribution >= 0.6 is 0 Å². The molecular weight excluding hydrogens is 256 g/mol. The van der Waals surface area contributed by atoms with Crippen molar-refractivity contribution < 1.29 is 17.8 Å². The maximum absolute atomic E-state index is 11.8. The Morgan fingerprint density at radius 3 is 2.17 bits per heavy atom. The van der Waals surface area contributed by atoms with Gasteiger partial charge in [0.25, 0.3) is 10.1 Å². The zero-order chi connectivity index (χ0) is 14.6. The quantitative estimate of drug-likeness (QED) is 0.533. The highest BCUT2D eigenvalue weighted by molar-refractivity contribution is 7.85. The van der Waals surface area contributed by atoms with Gasteiger partial charge < -0.3 is 9.80 Å². The minimum absolute atomic E-state index is 0.356. The molecule has 7 heteroatoms. The van der Waals surface area contributed by atoms with Gasteiger partial charge in [0.05, 0.1) is 11.3 Å². The van der Waals surface area contributed by atoms with Crippen LogP contribution in [0.3, 0.4) is 0 Å². The third-order valence-electron chi connectivity index (χ3n) is 2.48. The minimum Gasteiger partial charge on any atom is -0.332 e. The van der Waals surface area contributed by atoms with Crippen LogP contribution in [0.5, 0.6) is 0 Å². The first-order valence-electron chi connectivity index (χ1n) is 5.53. The summed E-state index contributed by atoms with van der Waals surface area (Å²) >= 11 is 0. The van der Waals surface area contributed by atoms with Crippen LogP contribution in [0.15, 0.2) is 12.7 Å². The Morgan fingerprint density at radius 2 is 1.83 bits per heavy atom. The summed E-state index contributed by atoms with van der Waals surface area (Å²) in [6, 6.07) is 0. The van der Waals surface area contributed by atoms with Gasteiger partial charge in [-0.2, -0.15) is 8.42 Å². The van der Waals surface area contributed by atoms with Crippen LogP contribution in [0.4, 0.5) is 0 Å². The highest BCUT2D eigenvalue weighted by Crippen LogP contribution is 2.17. The van der Waals surface area contributed by atoms with Crippen molar-refractivity contribution in [1.29, 1.82) is 0 Å². The Bertz CT molecular complexity index is 401. The number of likely N-dealkylation sites (N-methyl/N-ethyl adjacent to an activating group) is 1. The molecule has 0 aromatic heterocycles. The standard InChI is InChI=1S/C11H22N2O4S/c1-6-10(14)13(8-7-12(4)5)11(2,3)9-18(15,16)17/h6H,1,7-9H2,2-5H3,(H,15,16,17). The van der Waals surface area contributed by atoms with E-state index in [-0.39, 0.29) is 5.91 Å². The molecule has 0 atom stereocenters. The lowest BCUT2D eigenvalue weighted by molar-refractivity contribution is -0.130. The fourth-order valence-electron chi connectivity index (χ4n) is 1.65. The Labute approximate surface area is 109 Å². The highest BCUT2D eigenvalue weighted by atomic mass is 32.2. The molecule has 106 valence electrons. The molecule has 1 N–H and O–H groups in total. The maximum atomic E-state index is 11.8. The molecule has 1 amide bonds. The van der Waals surface area contributed by atoms with Crippen LogP contribution < -0.4 is 0 Å². The molecule has 0 aromatic rings. The van der Waals surface area contributed by atoms with E-state index in [2.05, 4.69) is 6.58 Å². The van der Waals surface area contributed by atoms with Crippen LogP contribution in [0, 0.1) is 0 Å². The van der Waals surface area contributed by atoms with Crippen molar-refractivity contribution in [3.8, 4) is 0 Å². The van der Waals surface area contributed by atoms with Gasteiger partial charge in [-0.15, -0.1) is 0 Å². The van der Waals surface area contributed by atoms with Gasteiger partial charge in [-0.1, -0.05) is 6.58 Å². The monoisotopic (exact) mass is 278 g/mol. The summed E-state index contributed by atoms with van der Waals surface area (Å²) in [6.07, 6.45) is 1.14. The van der Waals surface area contributed by atoms with Crippen molar-refractivity contribution in [1.82, 2.24) is 9.80 Å². The fourth-order valence-corrected chi connectivity index (χ4v) is 2.69. The second-order valence-corrected chi connectivity index (χ2v) is 6.49. The molecule has 6 nitrogen and oxygen atoms in total. The Hall–Kier alpha value is -0.920. The number of nitrogens with zero attached hydrogens (tertiary/aromatic N) is 2. The van der Waals surface area contributed by atoms with E-state index in [9.17, 15) is 13.2 Å². The number of hydrogen-bond donors (Lipinski definition) is 1. The number of amides is 1. The Balaban J connectivity index is 5.04. The second kappa shape index (κ2) is 6.31. The summed E-state index contributed by atoms with van der Waals surface area (Å²) in [5.74, 6) is -0.863. The summed E-state index contributed by atoms with van der Waals surface area (Å²) in [5, 5.41) is 0. The number of carbonyl (C=O) groups excluding carboxylic acids is 1. The molecule has 0 spiro atoms. The third kappa shape index (κ3) is 6.13. The number of rotatable bonds is 7. The molecule has 0 radical (unpaired) electrons. The molecule has 0 saturated carbocycles. The van der Waals surface area contributed by atoms with Crippen LogP contribution in [0.1, 0.15) is 13.8 Å². The average molecular weight is 278 g/mol. The van der Waals surface area contributed by atoms with Gasteiger partial charge in [0.1, 0.15) is 0 Å². The summed E-state index contributed by atoms with van der Waals surface area (Å²) in [5.41, 5.74) is -0.991. The van der Waals surface area contributed by atoms with E-state index in [1.165, 1.54) is 4.90 Å². The predicted octanol–water partition coefficient (Wildman–Crippen LogP) is 0.229. The molecule has 0 aliphatic carbocycles. The topological polar surface area (TPSA) is 77.9 Å². The Morgan fingerprint density at radius 1 is 1.33 bits per heavy atom. The smallest absolute Gasteiger partial charge is 0.267 e. The van der Waals surface area contributed by atoms with Crippen LogP contribution in [-0.2, 0) is 14.9 Å². The second-order valence-electron chi connectivity index (χ2n) is 5.04. The largest absolute Gasteiger partial charge is 0.332 e. The molecule has 0 aromatic carbocycles. The summed E-state index contributed by atoms with van der Waals surface area (Å²) < 4.78 is 30.9. The van der Waals surface area contributed by atoms with Crippen molar-refractivity contribution >= 4 is 16.0 Å². The first-order chi connectivity index (χ1) is 7.99. The van der Waals surface area contributed by atoms with Crippen molar-refractivity contribution in [3.05, 3.63) is 12.7 Å². The lowest BCUT2D eigenvalue weighted by atomic mass is 10.1. The summed E-state index contributed by atoms with van der Waals surface area (Å²) in [7, 11) is -0.442. The van der Waals surface area contributed by atoms with Crippen molar-refractivity contribution in [2.24, 2.45) is 0 Å². The predicted molar refractivity (Wildman–Crippen MR) is 71.0 cm³/mol. The van der Waals surface area contributed by atoms with Crippen LogP contribution in [-0.4, -0.2) is 67.2 Å². The van der Waals surface area contributed by atoms with Crippen LogP contribution in [0.25, 0.3) is 0 Å². The van der Waals surface area contributed by atoms with Gasteiger partial charge in [0.2, 0.25) is 5.91 Å². The molecule has 0 aliphatic rings. The van der Waals surface area contributed by atoms with Gasteiger partial charge in [0.15, 0.2) is 0 Å². The summed E-state index contributed by atoms with van der Waals surface area (Å²) in [6.45, 7) is 7.55. The van der Waals surface area contributed by atoms with E-state index < -0.39 is 21.4 Å². The van der Waals surface area contributed by atoms with Gasteiger partial charge >= 0.3 is 0 Å². The van der Waals surface area contributed by atoms with Crippen LogP contribution in [0.2, 0.25) is 0 Å². The first-order valence-corrected chi connectivity index (χ1v) is 7.14. The summed E-state index contributed by atoms with van der Waals surface area (Å²) in [4.78, 5) is 15.0. The molecule has 0 saturated heterocycles. The number of carbonyl (C=O) groups is 1. The zero-order valence-electron chi connectivity index (χ0n) is 11.4. The van der Waals surface area contributed by atoms with Gasteiger partial charge in [-0.25, -0.2) is 0 Å².